The van der Waals surface area contributed by atoms with Gasteiger partial charge in [-0.1, -0.05) is 13.0 Å². The molecule has 1 aliphatic rings. The van der Waals surface area contributed by atoms with Gasteiger partial charge in [0.1, 0.15) is 17.7 Å². The number of carbonyl (C=O) groups excluding carboxylic acids is 2. The lowest BCUT2D eigenvalue weighted by molar-refractivity contribution is -0.135. The summed E-state index contributed by atoms with van der Waals surface area (Å²) in [7, 11) is 0. The van der Waals surface area contributed by atoms with Crippen molar-refractivity contribution < 1.29 is 18.4 Å². The molecule has 1 aromatic rings. The second-order valence-electron chi connectivity index (χ2n) is 5.90. The average molecular weight is 368 g/mol. The Balaban J connectivity index is 1.91. The summed E-state index contributed by atoms with van der Waals surface area (Å²) in [6.45, 7) is 3.96. The first kappa shape index (κ1) is 19.4. The van der Waals surface area contributed by atoms with Gasteiger partial charge in [0.15, 0.2) is 0 Å². The molecule has 1 aromatic carbocycles. The summed E-state index contributed by atoms with van der Waals surface area (Å²) >= 11 is 1.53. The lowest BCUT2D eigenvalue weighted by atomic mass is 10.1. The zero-order valence-corrected chi connectivity index (χ0v) is 15.2. The van der Waals surface area contributed by atoms with Gasteiger partial charge in [-0.05, 0) is 37.5 Å². The molecule has 0 bridgehead atoms. The molecular weight excluding hydrogens is 346 g/mol. The zero-order valence-electron chi connectivity index (χ0n) is 14.4. The number of amides is 2. The highest BCUT2D eigenvalue weighted by atomic mass is 32.2. The standard InChI is InChI=1S/C18H22F2N2O2S/c1-3-4-12(2)18(24)22-11-25-10-16(22)17(23)21-6-5-13-7-14(19)9-15(20)8-13/h4,7-9,16H,3,5-6,10-11H2,1-2H3,(H,21,23). The lowest BCUT2D eigenvalue weighted by Gasteiger charge is -2.23. The number of nitrogens with one attached hydrogen (secondary N) is 1. The Morgan fingerprint density at radius 3 is 2.64 bits per heavy atom. The van der Waals surface area contributed by atoms with Gasteiger partial charge < -0.3 is 10.2 Å². The van der Waals surface area contributed by atoms with E-state index in [0.717, 1.165) is 12.5 Å². The lowest BCUT2D eigenvalue weighted by Crippen LogP contribution is -2.47. The molecule has 2 rings (SSSR count). The highest BCUT2D eigenvalue weighted by Crippen LogP contribution is 2.23. The maximum atomic E-state index is 13.2. The molecule has 1 heterocycles. The number of hydrogen-bond donors (Lipinski definition) is 1. The van der Waals surface area contributed by atoms with Crippen LogP contribution in [0.25, 0.3) is 0 Å². The molecule has 7 heteroatoms. The van der Waals surface area contributed by atoms with Crippen LogP contribution in [0.5, 0.6) is 0 Å². The van der Waals surface area contributed by atoms with E-state index < -0.39 is 17.7 Å². The molecule has 1 fully saturated rings. The van der Waals surface area contributed by atoms with Crippen molar-refractivity contribution in [2.24, 2.45) is 0 Å². The van der Waals surface area contributed by atoms with Crippen LogP contribution in [0.15, 0.2) is 29.8 Å². The molecule has 0 aromatic heterocycles. The summed E-state index contributed by atoms with van der Waals surface area (Å²) in [4.78, 5) is 26.4. The second kappa shape index (κ2) is 8.99. The highest BCUT2D eigenvalue weighted by Gasteiger charge is 2.34. The molecule has 0 spiro atoms. The Morgan fingerprint density at radius 1 is 1.32 bits per heavy atom. The summed E-state index contributed by atoms with van der Waals surface area (Å²) in [5.41, 5.74) is 1.12. The molecule has 25 heavy (non-hydrogen) atoms. The third kappa shape index (κ3) is 5.29. The molecule has 2 amide bonds. The van der Waals surface area contributed by atoms with Gasteiger partial charge in [0.2, 0.25) is 5.91 Å². The fraction of sp³-hybridized carbons (Fsp3) is 0.444. The normalized spacial score (nSPS) is 17.7. The van der Waals surface area contributed by atoms with Gasteiger partial charge in [0.25, 0.3) is 5.91 Å². The van der Waals surface area contributed by atoms with Crippen LogP contribution in [-0.4, -0.2) is 40.9 Å². The molecule has 1 atom stereocenters. The summed E-state index contributed by atoms with van der Waals surface area (Å²) in [5.74, 6) is -0.599. The fourth-order valence-corrected chi connectivity index (χ4v) is 3.84. The molecule has 0 aliphatic carbocycles. The van der Waals surface area contributed by atoms with Crippen LogP contribution in [0.3, 0.4) is 0 Å². The minimum atomic E-state index is -0.636. The third-order valence-electron chi connectivity index (χ3n) is 3.93. The SMILES string of the molecule is CCC=C(C)C(=O)N1CSCC1C(=O)NCCc1cc(F)cc(F)c1. The van der Waals surface area contributed by atoms with E-state index in [4.69, 9.17) is 0 Å². The van der Waals surface area contributed by atoms with Crippen LogP contribution in [0.1, 0.15) is 25.8 Å². The number of hydrogen-bond acceptors (Lipinski definition) is 3. The van der Waals surface area contributed by atoms with E-state index in [-0.39, 0.29) is 18.4 Å². The predicted molar refractivity (Wildman–Crippen MR) is 95.1 cm³/mol. The second-order valence-corrected chi connectivity index (χ2v) is 6.90. The summed E-state index contributed by atoms with van der Waals surface area (Å²) in [5, 5.41) is 2.76. The maximum absolute atomic E-state index is 13.2. The molecule has 1 N–H and O–H groups in total. The Kier molecular flexibility index (Phi) is 6.99. The van der Waals surface area contributed by atoms with Gasteiger partial charge in [-0.2, -0.15) is 0 Å². The zero-order chi connectivity index (χ0) is 18.4. The molecule has 0 saturated carbocycles. The van der Waals surface area contributed by atoms with Gasteiger partial charge >= 0.3 is 0 Å². The van der Waals surface area contributed by atoms with Crippen LogP contribution < -0.4 is 5.32 Å². The Morgan fingerprint density at radius 2 is 2.00 bits per heavy atom. The largest absolute Gasteiger partial charge is 0.354 e. The molecular formula is C18H22F2N2O2S. The summed E-state index contributed by atoms with van der Waals surface area (Å²) < 4.78 is 26.3. The van der Waals surface area contributed by atoms with E-state index in [0.29, 0.717) is 29.2 Å². The smallest absolute Gasteiger partial charge is 0.250 e. The number of benzene rings is 1. The topological polar surface area (TPSA) is 49.4 Å². The van der Waals surface area contributed by atoms with Gasteiger partial charge in [0, 0.05) is 23.9 Å². The van der Waals surface area contributed by atoms with Crippen LogP contribution >= 0.6 is 11.8 Å². The van der Waals surface area contributed by atoms with Crippen molar-refractivity contribution in [2.75, 3.05) is 18.2 Å². The quantitative estimate of drug-likeness (QED) is 0.786. The number of nitrogens with zero attached hydrogens (tertiary/aromatic N) is 1. The average Bonchev–Trinajstić information content (AvgIpc) is 3.03. The van der Waals surface area contributed by atoms with Crippen LogP contribution in [-0.2, 0) is 16.0 Å². The van der Waals surface area contributed by atoms with Crippen LogP contribution in [0.2, 0.25) is 0 Å². The number of thioether (sulfide) groups is 1. The molecule has 1 aliphatic heterocycles. The van der Waals surface area contributed by atoms with Crippen molar-refractivity contribution in [3.8, 4) is 0 Å². The van der Waals surface area contributed by atoms with Crippen LogP contribution in [0.4, 0.5) is 8.78 Å². The van der Waals surface area contributed by atoms with E-state index in [1.165, 1.54) is 23.9 Å². The number of carbonyl (C=O) groups is 2. The maximum Gasteiger partial charge on any atom is 0.250 e. The predicted octanol–water partition coefficient (Wildman–Crippen LogP) is 2.88. The number of halogens is 2. The molecule has 136 valence electrons. The summed E-state index contributed by atoms with van der Waals surface area (Å²) in [6, 6.07) is 2.79. The summed E-state index contributed by atoms with van der Waals surface area (Å²) in [6.07, 6.45) is 2.93. The van der Waals surface area contributed by atoms with Gasteiger partial charge in [-0.25, -0.2) is 8.78 Å². The minimum absolute atomic E-state index is 0.126. The number of rotatable bonds is 6. The van der Waals surface area contributed by atoms with Crippen molar-refractivity contribution in [2.45, 2.75) is 32.7 Å². The van der Waals surface area contributed by atoms with E-state index >= 15 is 0 Å². The first-order chi connectivity index (χ1) is 11.9. The van der Waals surface area contributed by atoms with E-state index in [1.807, 2.05) is 13.0 Å². The molecule has 4 nitrogen and oxygen atoms in total. The highest BCUT2D eigenvalue weighted by molar-refractivity contribution is 7.99. The van der Waals surface area contributed by atoms with Crippen molar-refractivity contribution >= 4 is 23.6 Å². The van der Waals surface area contributed by atoms with Crippen molar-refractivity contribution in [1.29, 1.82) is 0 Å². The van der Waals surface area contributed by atoms with Crippen LogP contribution in [0, 0.1) is 11.6 Å². The van der Waals surface area contributed by atoms with E-state index in [9.17, 15) is 18.4 Å². The molecule has 1 unspecified atom stereocenters. The van der Waals surface area contributed by atoms with Crippen molar-refractivity contribution in [3.63, 3.8) is 0 Å². The fourth-order valence-electron chi connectivity index (χ4n) is 2.68. The Labute approximate surface area is 150 Å². The minimum Gasteiger partial charge on any atom is -0.354 e. The van der Waals surface area contributed by atoms with Gasteiger partial charge in [0.05, 0.1) is 5.88 Å². The van der Waals surface area contributed by atoms with Crippen molar-refractivity contribution in [3.05, 3.63) is 47.0 Å². The first-order valence-corrected chi connectivity index (χ1v) is 9.36. The molecule has 0 radical (unpaired) electrons. The van der Waals surface area contributed by atoms with E-state index in [2.05, 4.69) is 5.32 Å². The number of allylic oxidation sites excluding steroid dienone is 1. The third-order valence-corrected chi connectivity index (χ3v) is 4.94. The van der Waals surface area contributed by atoms with Crippen molar-refractivity contribution in [1.82, 2.24) is 10.2 Å². The first-order valence-electron chi connectivity index (χ1n) is 8.20. The van der Waals surface area contributed by atoms with Gasteiger partial charge in [-0.3, -0.25) is 9.59 Å². The van der Waals surface area contributed by atoms with Gasteiger partial charge in [-0.15, -0.1) is 11.8 Å². The Hall–Kier alpha value is -1.89. The molecule has 1 saturated heterocycles. The monoisotopic (exact) mass is 368 g/mol. The Bertz CT molecular complexity index is 659. The van der Waals surface area contributed by atoms with E-state index in [1.54, 1.807) is 11.8 Å².